The lowest BCUT2D eigenvalue weighted by atomic mass is 9.98. The Morgan fingerprint density at radius 3 is 2.51 bits per heavy atom. The molecule has 0 saturated carbocycles. The number of aromatic amines is 1. The summed E-state index contributed by atoms with van der Waals surface area (Å²) in [6.07, 6.45) is -4.21. The number of benzene rings is 1. The lowest BCUT2D eigenvalue weighted by molar-refractivity contribution is -0.149. The Balaban J connectivity index is 1.81. The molecular weight excluding hydrogens is 512 g/mol. The van der Waals surface area contributed by atoms with Gasteiger partial charge in [0.25, 0.3) is 5.56 Å². The number of hydrogen-bond donors (Lipinski definition) is 3. The number of aliphatic hydroxyl groups is 1. The number of aryl methyl sites for hydroxylation is 1. The molecule has 1 aromatic heterocycles. The summed E-state index contributed by atoms with van der Waals surface area (Å²) >= 11 is 0. The molecule has 0 bridgehead atoms. The van der Waals surface area contributed by atoms with Gasteiger partial charge in [0.1, 0.15) is 24.0 Å². The van der Waals surface area contributed by atoms with E-state index in [9.17, 15) is 24.1 Å². The molecule has 3 N–H and O–H groups in total. The van der Waals surface area contributed by atoms with Crippen LogP contribution in [0.1, 0.15) is 39.5 Å². The average molecular weight is 543 g/mol. The van der Waals surface area contributed by atoms with Gasteiger partial charge in [-0.15, -0.1) is 0 Å². The molecular formula is C23H31FN3O9P. The second-order valence-electron chi connectivity index (χ2n) is 9.17. The molecule has 1 saturated heterocycles. The van der Waals surface area contributed by atoms with Gasteiger partial charge in [0.15, 0.2) is 11.9 Å². The smallest absolute Gasteiger partial charge is 0.459 e. The number of aromatic nitrogens is 2. The van der Waals surface area contributed by atoms with Crippen molar-refractivity contribution in [3.05, 3.63) is 62.9 Å². The predicted molar refractivity (Wildman–Crippen MR) is 130 cm³/mol. The molecule has 14 heteroatoms. The topological polar surface area (TPSA) is 158 Å². The van der Waals surface area contributed by atoms with E-state index in [0.717, 1.165) is 29.3 Å². The van der Waals surface area contributed by atoms with Crippen molar-refractivity contribution in [3.8, 4) is 5.75 Å². The van der Waals surface area contributed by atoms with Crippen molar-refractivity contribution in [2.75, 3.05) is 6.61 Å². The van der Waals surface area contributed by atoms with Crippen LogP contribution in [-0.4, -0.2) is 57.3 Å². The number of aliphatic hydroxyl groups excluding tert-OH is 1. The average Bonchev–Trinajstić information content (AvgIpc) is 3.02. The highest BCUT2D eigenvalue weighted by atomic mass is 31.2. The number of carbonyl (C=O) groups is 1. The highest BCUT2D eigenvalue weighted by molar-refractivity contribution is 7.52. The molecule has 0 aliphatic carbocycles. The summed E-state index contributed by atoms with van der Waals surface area (Å²) in [6.45, 7) is 6.93. The van der Waals surface area contributed by atoms with E-state index >= 15 is 4.39 Å². The largest absolute Gasteiger partial charge is 0.462 e. The number of esters is 1. The molecule has 0 spiro atoms. The number of ether oxygens (including phenoxy) is 2. The first-order chi connectivity index (χ1) is 17.2. The van der Waals surface area contributed by atoms with Gasteiger partial charge in [0.05, 0.1) is 12.7 Å². The molecule has 2 heterocycles. The third-order valence-electron chi connectivity index (χ3n) is 5.53. The summed E-state index contributed by atoms with van der Waals surface area (Å²) in [7, 11) is -4.32. The molecule has 1 aromatic carbocycles. The van der Waals surface area contributed by atoms with Crippen LogP contribution in [0.3, 0.4) is 0 Å². The fourth-order valence-corrected chi connectivity index (χ4v) is 5.09. The number of hydrogen-bond acceptors (Lipinski definition) is 9. The molecule has 6 atom stereocenters. The third-order valence-corrected chi connectivity index (χ3v) is 7.18. The summed E-state index contributed by atoms with van der Waals surface area (Å²) in [5.74, 6) is -0.552. The van der Waals surface area contributed by atoms with E-state index in [-0.39, 0.29) is 5.75 Å². The zero-order chi connectivity index (χ0) is 27.5. The fourth-order valence-electron chi connectivity index (χ4n) is 3.59. The van der Waals surface area contributed by atoms with Gasteiger partial charge in [0, 0.05) is 12.3 Å². The second kappa shape index (κ2) is 11.3. The van der Waals surface area contributed by atoms with Gasteiger partial charge in [-0.2, -0.15) is 5.09 Å². The second-order valence-corrected chi connectivity index (χ2v) is 10.9. The van der Waals surface area contributed by atoms with Crippen molar-refractivity contribution in [2.45, 2.75) is 70.9 Å². The minimum absolute atomic E-state index is 0.159. The molecule has 0 radical (unpaired) electrons. The van der Waals surface area contributed by atoms with Crippen molar-refractivity contribution in [3.63, 3.8) is 0 Å². The van der Waals surface area contributed by atoms with E-state index in [1.807, 2.05) is 11.9 Å². The van der Waals surface area contributed by atoms with Crippen molar-refractivity contribution >= 4 is 13.7 Å². The van der Waals surface area contributed by atoms with Gasteiger partial charge in [-0.1, -0.05) is 17.7 Å². The van der Waals surface area contributed by atoms with Gasteiger partial charge in [-0.25, -0.2) is 13.8 Å². The van der Waals surface area contributed by atoms with E-state index in [1.165, 1.54) is 6.92 Å². The summed E-state index contributed by atoms with van der Waals surface area (Å²) in [5, 5.41) is 13.1. The SMILES string of the molecule is Cc1ccc(OP(=O)(N[C@@H](C)C(=O)OC(C)C)OC[C@H]2O[C@@H](n3ccc(=O)[nH]c3=O)C(C)(F)[C@@H]2O)cc1. The molecule has 1 fully saturated rings. The highest BCUT2D eigenvalue weighted by Crippen LogP contribution is 2.47. The minimum atomic E-state index is -4.32. The molecule has 12 nitrogen and oxygen atoms in total. The molecule has 1 aliphatic heterocycles. The number of rotatable bonds is 10. The van der Waals surface area contributed by atoms with Crippen LogP contribution in [0.5, 0.6) is 5.75 Å². The zero-order valence-electron chi connectivity index (χ0n) is 21.0. The summed E-state index contributed by atoms with van der Waals surface area (Å²) in [4.78, 5) is 37.8. The maximum Gasteiger partial charge on any atom is 0.459 e. The zero-order valence-corrected chi connectivity index (χ0v) is 21.9. The monoisotopic (exact) mass is 543 g/mol. The summed E-state index contributed by atoms with van der Waals surface area (Å²) in [5.41, 5.74) is -3.20. The number of carbonyl (C=O) groups excluding carboxylic acids is 1. The summed E-state index contributed by atoms with van der Waals surface area (Å²) in [6, 6.07) is 6.39. The third kappa shape index (κ3) is 6.93. The van der Waals surface area contributed by atoms with Crippen LogP contribution in [0.15, 0.2) is 46.1 Å². The number of halogens is 1. The lowest BCUT2D eigenvalue weighted by Crippen LogP contribution is -2.43. The fraction of sp³-hybridized carbons (Fsp3) is 0.522. The van der Waals surface area contributed by atoms with Crippen molar-refractivity contribution < 1.29 is 37.4 Å². The van der Waals surface area contributed by atoms with E-state index in [0.29, 0.717) is 0 Å². The maximum atomic E-state index is 15.5. The van der Waals surface area contributed by atoms with Crippen LogP contribution in [0, 0.1) is 6.92 Å². The molecule has 2 aromatic rings. The van der Waals surface area contributed by atoms with Gasteiger partial charge in [-0.3, -0.25) is 23.7 Å². The standard InChI is InChI=1S/C23H31FN3O9P/c1-13(2)34-20(30)15(4)26-37(32,36-16-8-6-14(3)7-9-16)33-12-17-19(29)23(5,24)21(35-17)27-11-10-18(28)25-22(27)31/h6-11,13,15,17,19,21,29H,12H2,1-5H3,(H,26,32)(H,25,28,31)/t15-,17+,19+,21+,23?,37?/m0/s1. The Kier molecular flexibility index (Phi) is 8.76. The predicted octanol–water partition coefficient (Wildman–Crippen LogP) is 1.96. The Bertz CT molecular complexity index is 1260. The van der Waals surface area contributed by atoms with Gasteiger partial charge >= 0.3 is 19.4 Å². The van der Waals surface area contributed by atoms with Crippen LogP contribution < -0.4 is 20.9 Å². The minimum Gasteiger partial charge on any atom is -0.462 e. The maximum absolute atomic E-state index is 15.5. The van der Waals surface area contributed by atoms with Gasteiger partial charge < -0.3 is 19.1 Å². The molecule has 1 aliphatic rings. The van der Waals surface area contributed by atoms with E-state index in [1.54, 1.807) is 38.1 Å². The molecule has 37 heavy (non-hydrogen) atoms. The van der Waals surface area contributed by atoms with Crippen LogP contribution in [0.4, 0.5) is 4.39 Å². The van der Waals surface area contributed by atoms with Gasteiger partial charge in [0.2, 0.25) is 0 Å². The van der Waals surface area contributed by atoms with E-state index < -0.39 is 67.8 Å². The van der Waals surface area contributed by atoms with Gasteiger partial charge in [-0.05, 0) is 46.8 Å². The summed E-state index contributed by atoms with van der Waals surface area (Å²) < 4.78 is 51.6. The van der Waals surface area contributed by atoms with Crippen LogP contribution in [0.2, 0.25) is 0 Å². The molecule has 204 valence electrons. The van der Waals surface area contributed by atoms with Crippen LogP contribution in [0.25, 0.3) is 0 Å². The quantitative estimate of drug-likeness (QED) is 0.299. The van der Waals surface area contributed by atoms with Crippen molar-refractivity contribution in [2.24, 2.45) is 0 Å². The van der Waals surface area contributed by atoms with Crippen molar-refractivity contribution in [1.82, 2.24) is 14.6 Å². The Labute approximate surface area is 212 Å². The first kappa shape index (κ1) is 28.7. The van der Waals surface area contributed by atoms with Crippen molar-refractivity contribution in [1.29, 1.82) is 0 Å². The van der Waals surface area contributed by atoms with E-state index in [4.69, 9.17) is 18.5 Å². The number of alkyl halides is 1. The molecule has 3 rings (SSSR count). The lowest BCUT2D eigenvalue weighted by Gasteiger charge is -2.25. The number of nitrogens with one attached hydrogen (secondary N) is 2. The first-order valence-electron chi connectivity index (χ1n) is 11.5. The van der Waals surface area contributed by atoms with Crippen LogP contribution in [-0.2, 0) is 23.4 Å². The number of H-pyrrole nitrogens is 1. The first-order valence-corrected chi connectivity index (χ1v) is 13.1. The number of nitrogens with zero attached hydrogens (tertiary/aromatic N) is 1. The Hall–Kier alpha value is -2.83. The Morgan fingerprint density at radius 1 is 1.27 bits per heavy atom. The molecule has 0 amide bonds. The highest BCUT2D eigenvalue weighted by Gasteiger charge is 2.55. The van der Waals surface area contributed by atoms with Crippen LogP contribution >= 0.6 is 7.75 Å². The normalized spacial score (nSPS) is 26.0. The molecule has 2 unspecified atom stereocenters. The van der Waals surface area contributed by atoms with E-state index in [2.05, 4.69) is 5.09 Å². The Morgan fingerprint density at radius 2 is 1.92 bits per heavy atom.